The molecule has 2 aliphatic rings. The van der Waals surface area contributed by atoms with Crippen molar-refractivity contribution >= 4 is 11.8 Å². The molecule has 22 heavy (non-hydrogen) atoms. The van der Waals surface area contributed by atoms with Crippen LogP contribution in [-0.2, 0) is 19.1 Å². The number of carbonyl (C=O) groups excluding carboxylic acids is 2. The number of ether oxygens (including phenoxy) is 2. The SMILES string of the molecule is CC(C)CC(=O)N1CC2(C1)OCC[C@@H]2COCC(=O)N(C)C. The summed E-state index contributed by atoms with van der Waals surface area (Å²) in [7, 11) is 3.44. The van der Waals surface area contributed by atoms with Gasteiger partial charge in [-0.2, -0.15) is 0 Å². The fourth-order valence-electron chi connectivity index (χ4n) is 3.04. The highest BCUT2D eigenvalue weighted by atomic mass is 16.5. The Morgan fingerprint density at radius 1 is 1.36 bits per heavy atom. The van der Waals surface area contributed by atoms with E-state index in [1.807, 2.05) is 4.90 Å². The van der Waals surface area contributed by atoms with E-state index in [2.05, 4.69) is 13.8 Å². The maximum absolute atomic E-state index is 12.0. The second-order valence-corrected chi connectivity index (χ2v) is 7.05. The molecule has 6 heteroatoms. The fraction of sp³-hybridized carbons (Fsp3) is 0.875. The smallest absolute Gasteiger partial charge is 0.248 e. The van der Waals surface area contributed by atoms with E-state index < -0.39 is 0 Å². The van der Waals surface area contributed by atoms with E-state index in [-0.39, 0.29) is 29.9 Å². The summed E-state index contributed by atoms with van der Waals surface area (Å²) in [5.41, 5.74) is -0.242. The zero-order valence-corrected chi connectivity index (χ0v) is 14.1. The van der Waals surface area contributed by atoms with E-state index >= 15 is 0 Å². The van der Waals surface area contributed by atoms with Gasteiger partial charge in [0.05, 0.1) is 19.7 Å². The van der Waals surface area contributed by atoms with Gasteiger partial charge in [-0.15, -0.1) is 0 Å². The number of nitrogens with zero attached hydrogens (tertiary/aromatic N) is 2. The van der Waals surface area contributed by atoms with Crippen LogP contribution in [0.1, 0.15) is 26.7 Å². The highest BCUT2D eigenvalue weighted by molar-refractivity contribution is 5.77. The standard InChI is InChI=1S/C16H28N2O4/c1-12(2)7-14(19)18-10-16(11-18)13(5-6-22-16)8-21-9-15(20)17(3)4/h12-13H,5-11H2,1-4H3/t13-/m1/s1. The first kappa shape index (κ1) is 17.2. The van der Waals surface area contributed by atoms with Gasteiger partial charge in [0.25, 0.3) is 0 Å². The molecular formula is C16H28N2O4. The molecule has 0 radical (unpaired) electrons. The predicted molar refractivity (Wildman–Crippen MR) is 82.3 cm³/mol. The van der Waals surface area contributed by atoms with Gasteiger partial charge in [-0.05, 0) is 12.3 Å². The fourth-order valence-corrected chi connectivity index (χ4v) is 3.04. The van der Waals surface area contributed by atoms with Crippen molar-refractivity contribution in [3.05, 3.63) is 0 Å². The molecule has 2 heterocycles. The van der Waals surface area contributed by atoms with E-state index in [1.165, 1.54) is 4.90 Å². The Morgan fingerprint density at radius 2 is 2.05 bits per heavy atom. The molecule has 0 saturated carbocycles. The van der Waals surface area contributed by atoms with Gasteiger partial charge < -0.3 is 19.3 Å². The van der Waals surface area contributed by atoms with Crippen LogP contribution in [0.4, 0.5) is 0 Å². The van der Waals surface area contributed by atoms with Crippen molar-refractivity contribution in [2.75, 3.05) is 47.0 Å². The molecule has 0 aromatic rings. The maximum Gasteiger partial charge on any atom is 0.248 e. The predicted octanol–water partition coefficient (Wildman–Crippen LogP) is 0.755. The quantitative estimate of drug-likeness (QED) is 0.726. The van der Waals surface area contributed by atoms with Crippen molar-refractivity contribution in [3.8, 4) is 0 Å². The van der Waals surface area contributed by atoms with Gasteiger partial charge in [-0.1, -0.05) is 13.8 Å². The van der Waals surface area contributed by atoms with E-state index in [9.17, 15) is 9.59 Å². The average molecular weight is 312 g/mol. The van der Waals surface area contributed by atoms with E-state index in [4.69, 9.17) is 9.47 Å². The van der Waals surface area contributed by atoms with Gasteiger partial charge >= 0.3 is 0 Å². The molecule has 126 valence electrons. The summed E-state index contributed by atoms with van der Waals surface area (Å²) in [6, 6.07) is 0. The molecule has 6 nitrogen and oxygen atoms in total. The second kappa shape index (κ2) is 6.96. The number of hydrogen-bond acceptors (Lipinski definition) is 4. The number of amides is 2. The van der Waals surface area contributed by atoms with Crippen molar-refractivity contribution < 1.29 is 19.1 Å². The summed E-state index contributed by atoms with van der Waals surface area (Å²) in [5, 5.41) is 0. The average Bonchev–Trinajstić information content (AvgIpc) is 2.79. The van der Waals surface area contributed by atoms with Crippen LogP contribution in [0.2, 0.25) is 0 Å². The van der Waals surface area contributed by atoms with Crippen LogP contribution in [-0.4, -0.2) is 74.2 Å². The van der Waals surface area contributed by atoms with Crippen molar-refractivity contribution in [1.29, 1.82) is 0 Å². The zero-order valence-electron chi connectivity index (χ0n) is 14.1. The molecule has 2 aliphatic heterocycles. The summed E-state index contributed by atoms with van der Waals surface area (Å²) in [4.78, 5) is 27.0. The van der Waals surface area contributed by atoms with Crippen molar-refractivity contribution in [3.63, 3.8) is 0 Å². The Labute approximate surface area is 132 Å². The molecule has 2 fully saturated rings. The third-order valence-electron chi connectivity index (χ3n) is 4.50. The lowest BCUT2D eigenvalue weighted by Gasteiger charge is -2.50. The van der Waals surface area contributed by atoms with E-state index in [1.54, 1.807) is 14.1 Å². The van der Waals surface area contributed by atoms with Crippen LogP contribution < -0.4 is 0 Å². The normalized spacial score (nSPS) is 23.0. The third kappa shape index (κ3) is 3.79. The van der Waals surface area contributed by atoms with Crippen LogP contribution in [0.15, 0.2) is 0 Å². The zero-order chi connectivity index (χ0) is 16.3. The summed E-state index contributed by atoms with van der Waals surface area (Å²) >= 11 is 0. The third-order valence-corrected chi connectivity index (χ3v) is 4.50. The first-order valence-corrected chi connectivity index (χ1v) is 8.03. The number of hydrogen-bond donors (Lipinski definition) is 0. The molecule has 0 aromatic carbocycles. The molecule has 1 atom stereocenters. The summed E-state index contributed by atoms with van der Waals surface area (Å²) in [6.45, 7) is 6.77. The first-order valence-electron chi connectivity index (χ1n) is 8.03. The Bertz CT molecular complexity index is 416. The van der Waals surface area contributed by atoms with Gasteiger partial charge in [-0.3, -0.25) is 9.59 Å². The lowest BCUT2D eigenvalue weighted by Crippen LogP contribution is -2.66. The van der Waals surface area contributed by atoms with E-state index in [0.29, 0.717) is 38.6 Å². The van der Waals surface area contributed by atoms with Crippen LogP contribution in [0.5, 0.6) is 0 Å². The molecule has 0 aromatic heterocycles. The van der Waals surface area contributed by atoms with Gasteiger partial charge in [-0.25, -0.2) is 0 Å². The van der Waals surface area contributed by atoms with Crippen molar-refractivity contribution in [2.24, 2.45) is 11.8 Å². The molecular weight excluding hydrogens is 284 g/mol. The molecule has 2 amide bonds. The van der Waals surface area contributed by atoms with Crippen molar-refractivity contribution in [1.82, 2.24) is 9.80 Å². The molecule has 2 rings (SSSR count). The highest BCUT2D eigenvalue weighted by Gasteiger charge is 2.54. The van der Waals surface area contributed by atoms with Gasteiger partial charge in [0.2, 0.25) is 11.8 Å². The molecule has 1 spiro atoms. The largest absolute Gasteiger partial charge is 0.371 e. The monoisotopic (exact) mass is 312 g/mol. The highest BCUT2D eigenvalue weighted by Crippen LogP contribution is 2.40. The number of likely N-dealkylation sites (tertiary alicyclic amines) is 1. The topological polar surface area (TPSA) is 59.1 Å². The molecule has 0 bridgehead atoms. The molecule has 0 unspecified atom stereocenters. The number of carbonyl (C=O) groups is 2. The number of rotatable bonds is 6. The summed E-state index contributed by atoms with van der Waals surface area (Å²) < 4.78 is 11.5. The lowest BCUT2D eigenvalue weighted by molar-refractivity contribution is -0.169. The Morgan fingerprint density at radius 3 is 2.64 bits per heavy atom. The van der Waals surface area contributed by atoms with Crippen LogP contribution in [0.3, 0.4) is 0 Å². The summed E-state index contributed by atoms with van der Waals surface area (Å²) in [6.07, 6.45) is 1.52. The van der Waals surface area contributed by atoms with Crippen LogP contribution >= 0.6 is 0 Å². The number of likely N-dealkylation sites (N-methyl/N-ethyl adjacent to an activating group) is 1. The first-order chi connectivity index (χ1) is 10.3. The summed E-state index contributed by atoms with van der Waals surface area (Å²) in [5.74, 6) is 0.823. The van der Waals surface area contributed by atoms with Crippen LogP contribution in [0.25, 0.3) is 0 Å². The maximum atomic E-state index is 12.0. The van der Waals surface area contributed by atoms with Gasteiger partial charge in [0.15, 0.2) is 0 Å². The van der Waals surface area contributed by atoms with Gasteiger partial charge in [0.1, 0.15) is 12.2 Å². The molecule has 0 aliphatic carbocycles. The van der Waals surface area contributed by atoms with E-state index in [0.717, 1.165) is 6.42 Å². The second-order valence-electron chi connectivity index (χ2n) is 7.05. The minimum absolute atomic E-state index is 0.0321. The van der Waals surface area contributed by atoms with Crippen LogP contribution in [0, 0.1) is 11.8 Å². The lowest BCUT2D eigenvalue weighted by atomic mass is 9.81. The minimum Gasteiger partial charge on any atom is -0.371 e. The Hall–Kier alpha value is -1.14. The Balaban J connectivity index is 1.78. The molecule has 2 saturated heterocycles. The Kier molecular flexibility index (Phi) is 5.45. The molecule has 0 N–H and O–H groups in total. The van der Waals surface area contributed by atoms with Crippen molar-refractivity contribution in [2.45, 2.75) is 32.3 Å². The van der Waals surface area contributed by atoms with Gasteiger partial charge in [0, 0.05) is 33.0 Å². The minimum atomic E-state index is -0.242.